The number of benzene rings is 1. The van der Waals surface area contributed by atoms with Crippen LogP contribution in [0.15, 0.2) is 42.6 Å². The number of nitrogens with zero attached hydrogens (tertiary/aromatic N) is 1. The molecule has 1 atom stereocenters. The maximum Gasteiger partial charge on any atom is 0.396 e. The van der Waals surface area contributed by atoms with E-state index in [0.717, 1.165) is 0 Å². The Balaban J connectivity index is 2.14. The number of carbonyl (C=O) groups is 2. The molecule has 0 bridgehead atoms. The Morgan fingerprint density at radius 1 is 1.25 bits per heavy atom. The number of hydrogen-bond acceptors (Lipinski definition) is 2. The minimum atomic E-state index is -4.55. The molecule has 1 heterocycles. The molecule has 0 aliphatic heterocycles. The van der Waals surface area contributed by atoms with Gasteiger partial charge in [-0.05, 0) is 11.6 Å². The quantitative estimate of drug-likeness (QED) is 0.879. The van der Waals surface area contributed by atoms with Crippen LogP contribution in [0.4, 0.5) is 18.9 Å². The number of hydrogen-bond donors (Lipinski definition) is 2. The SMILES string of the molecule is Cn1cc(NC(=O)CC(c2ccccc2)C(F)(F)F)cc1C(N)=O. The zero-order valence-corrected chi connectivity index (χ0v) is 12.8. The average molecular weight is 339 g/mol. The summed E-state index contributed by atoms with van der Waals surface area (Å²) in [6, 6.07) is 8.56. The topological polar surface area (TPSA) is 77.1 Å². The molecule has 2 aromatic rings. The van der Waals surface area contributed by atoms with Gasteiger partial charge in [-0.25, -0.2) is 0 Å². The van der Waals surface area contributed by atoms with E-state index < -0.39 is 30.3 Å². The van der Waals surface area contributed by atoms with Crippen LogP contribution in [0, 0.1) is 0 Å². The van der Waals surface area contributed by atoms with Crippen molar-refractivity contribution >= 4 is 17.5 Å². The Morgan fingerprint density at radius 3 is 2.38 bits per heavy atom. The fraction of sp³-hybridized carbons (Fsp3) is 0.250. The predicted octanol–water partition coefficient (Wildman–Crippen LogP) is 2.80. The lowest BCUT2D eigenvalue weighted by Crippen LogP contribution is -2.26. The van der Waals surface area contributed by atoms with Crippen LogP contribution in [0.5, 0.6) is 0 Å². The van der Waals surface area contributed by atoms with E-state index in [1.54, 1.807) is 6.07 Å². The third kappa shape index (κ3) is 4.15. The Labute approximate surface area is 136 Å². The monoisotopic (exact) mass is 339 g/mol. The van der Waals surface area contributed by atoms with Crippen molar-refractivity contribution in [1.82, 2.24) is 4.57 Å². The Bertz CT molecular complexity index is 739. The van der Waals surface area contributed by atoms with E-state index in [-0.39, 0.29) is 16.9 Å². The zero-order valence-electron chi connectivity index (χ0n) is 12.8. The van der Waals surface area contributed by atoms with Crippen LogP contribution >= 0.6 is 0 Å². The first-order valence-corrected chi connectivity index (χ1v) is 7.06. The van der Waals surface area contributed by atoms with Crippen LogP contribution in [-0.4, -0.2) is 22.6 Å². The number of carbonyl (C=O) groups excluding carboxylic acids is 2. The summed E-state index contributed by atoms with van der Waals surface area (Å²) in [5.41, 5.74) is 5.52. The number of rotatable bonds is 5. The largest absolute Gasteiger partial charge is 0.396 e. The van der Waals surface area contributed by atoms with Gasteiger partial charge in [0.1, 0.15) is 5.69 Å². The third-order valence-corrected chi connectivity index (χ3v) is 3.53. The highest BCUT2D eigenvalue weighted by atomic mass is 19.4. The summed E-state index contributed by atoms with van der Waals surface area (Å²) in [4.78, 5) is 23.2. The second kappa shape index (κ2) is 6.77. The molecule has 1 unspecified atom stereocenters. The molecule has 0 aliphatic carbocycles. The van der Waals surface area contributed by atoms with Crippen molar-refractivity contribution in [1.29, 1.82) is 0 Å². The van der Waals surface area contributed by atoms with Crippen LogP contribution in [0.1, 0.15) is 28.4 Å². The molecule has 0 radical (unpaired) electrons. The number of amides is 2. The lowest BCUT2D eigenvalue weighted by molar-refractivity contribution is -0.155. The van der Waals surface area contributed by atoms with Crippen LogP contribution in [0.2, 0.25) is 0 Å². The summed E-state index contributed by atoms with van der Waals surface area (Å²) in [7, 11) is 1.54. The number of primary amides is 1. The first kappa shape index (κ1) is 17.6. The third-order valence-electron chi connectivity index (χ3n) is 3.53. The summed E-state index contributed by atoms with van der Waals surface area (Å²) < 4.78 is 41.1. The van der Waals surface area contributed by atoms with Gasteiger partial charge >= 0.3 is 6.18 Å². The summed E-state index contributed by atoms with van der Waals surface area (Å²) in [5, 5.41) is 2.36. The van der Waals surface area contributed by atoms with E-state index in [4.69, 9.17) is 5.73 Å². The molecule has 0 saturated heterocycles. The number of nitrogens with two attached hydrogens (primary N) is 1. The number of halogens is 3. The molecule has 24 heavy (non-hydrogen) atoms. The van der Waals surface area contributed by atoms with E-state index in [1.165, 1.54) is 48.1 Å². The maximum atomic E-state index is 13.2. The molecule has 8 heteroatoms. The van der Waals surface area contributed by atoms with Crippen molar-refractivity contribution in [3.8, 4) is 0 Å². The highest BCUT2D eigenvalue weighted by Crippen LogP contribution is 2.37. The van der Waals surface area contributed by atoms with Crippen molar-refractivity contribution in [3.05, 3.63) is 53.9 Å². The van der Waals surface area contributed by atoms with Crippen LogP contribution < -0.4 is 11.1 Å². The van der Waals surface area contributed by atoms with Crippen LogP contribution in [0.25, 0.3) is 0 Å². The first-order chi connectivity index (χ1) is 11.2. The van der Waals surface area contributed by atoms with E-state index in [1.807, 2.05) is 0 Å². The van der Waals surface area contributed by atoms with E-state index in [2.05, 4.69) is 5.32 Å². The molecule has 1 aromatic carbocycles. The van der Waals surface area contributed by atoms with Crippen molar-refractivity contribution < 1.29 is 22.8 Å². The van der Waals surface area contributed by atoms with Crippen molar-refractivity contribution in [2.24, 2.45) is 12.8 Å². The van der Waals surface area contributed by atoms with Crippen molar-refractivity contribution in [2.45, 2.75) is 18.5 Å². The van der Waals surface area contributed by atoms with E-state index >= 15 is 0 Å². The minimum absolute atomic E-state index is 0.0195. The Morgan fingerprint density at radius 2 is 1.88 bits per heavy atom. The molecule has 1 aromatic heterocycles. The molecule has 0 aliphatic rings. The lowest BCUT2D eigenvalue weighted by Gasteiger charge is -2.20. The fourth-order valence-electron chi connectivity index (χ4n) is 2.38. The lowest BCUT2D eigenvalue weighted by atomic mass is 9.95. The van der Waals surface area contributed by atoms with Crippen molar-refractivity contribution in [3.63, 3.8) is 0 Å². The molecule has 5 nitrogen and oxygen atoms in total. The van der Waals surface area contributed by atoms with Crippen LogP contribution in [0.3, 0.4) is 0 Å². The van der Waals surface area contributed by atoms with Gasteiger partial charge in [-0.15, -0.1) is 0 Å². The fourth-order valence-corrected chi connectivity index (χ4v) is 2.38. The predicted molar refractivity (Wildman–Crippen MR) is 82.4 cm³/mol. The summed E-state index contributed by atoms with van der Waals surface area (Å²) >= 11 is 0. The van der Waals surface area contributed by atoms with Gasteiger partial charge in [-0.2, -0.15) is 13.2 Å². The van der Waals surface area contributed by atoms with Gasteiger partial charge < -0.3 is 15.6 Å². The molecular formula is C16H16F3N3O2. The van der Waals surface area contributed by atoms with Crippen LogP contribution in [-0.2, 0) is 11.8 Å². The summed E-state index contributed by atoms with van der Waals surface area (Å²) in [6.45, 7) is 0. The summed E-state index contributed by atoms with van der Waals surface area (Å²) in [5.74, 6) is -3.41. The molecule has 2 rings (SSSR count). The Kier molecular flexibility index (Phi) is 4.96. The molecule has 128 valence electrons. The highest BCUT2D eigenvalue weighted by Gasteiger charge is 2.41. The molecular weight excluding hydrogens is 323 g/mol. The average Bonchev–Trinajstić information content (AvgIpc) is 2.85. The van der Waals surface area contributed by atoms with Gasteiger partial charge in [-0.1, -0.05) is 30.3 Å². The number of aryl methyl sites for hydroxylation is 1. The van der Waals surface area contributed by atoms with Crippen molar-refractivity contribution in [2.75, 3.05) is 5.32 Å². The second-order valence-corrected chi connectivity index (χ2v) is 5.35. The van der Waals surface area contributed by atoms with E-state index in [0.29, 0.717) is 0 Å². The number of aromatic nitrogens is 1. The van der Waals surface area contributed by atoms with Gasteiger partial charge in [0.05, 0.1) is 11.6 Å². The molecule has 0 fully saturated rings. The van der Waals surface area contributed by atoms with Gasteiger partial charge in [0.15, 0.2) is 0 Å². The molecule has 2 amide bonds. The van der Waals surface area contributed by atoms with Gasteiger partial charge in [0.2, 0.25) is 5.91 Å². The van der Waals surface area contributed by atoms with Gasteiger partial charge in [0, 0.05) is 19.7 Å². The molecule has 0 spiro atoms. The highest BCUT2D eigenvalue weighted by molar-refractivity contribution is 5.96. The first-order valence-electron chi connectivity index (χ1n) is 7.06. The van der Waals surface area contributed by atoms with Gasteiger partial charge in [-0.3, -0.25) is 9.59 Å². The zero-order chi connectivity index (χ0) is 17.9. The normalized spacial score (nSPS) is 12.7. The maximum absolute atomic E-state index is 13.2. The number of anilines is 1. The number of nitrogens with one attached hydrogen (secondary N) is 1. The molecule has 3 N–H and O–H groups in total. The second-order valence-electron chi connectivity index (χ2n) is 5.35. The summed E-state index contributed by atoms with van der Waals surface area (Å²) in [6.07, 6.45) is -3.90. The van der Waals surface area contributed by atoms with E-state index in [9.17, 15) is 22.8 Å². The van der Waals surface area contributed by atoms with Gasteiger partial charge in [0.25, 0.3) is 5.91 Å². The molecule has 0 saturated carbocycles. The smallest absolute Gasteiger partial charge is 0.364 e. The number of alkyl halides is 3. The standard InChI is InChI=1S/C16H16F3N3O2/c1-22-9-11(7-13(22)15(20)24)21-14(23)8-12(16(17,18)19)10-5-3-2-4-6-10/h2-7,9,12H,8H2,1H3,(H2,20,24)(H,21,23). The minimum Gasteiger partial charge on any atom is -0.364 e. The Hall–Kier alpha value is -2.77.